The molecule has 0 aliphatic heterocycles. The Morgan fingerprint density at radius 2 is 1.39 bits per heavy atom. The smallest absolute Gasteiger partial charge is 0.343 e. The van der Waals surface area contributed by atoms with E-state index in [0.29, 0.717) is 23.6 Å². The van der Waals surface area contributed by atoms with Gasteiger partial charge in [-0.1, -0.05) is 71.3 Å². The molecule has 1 heterocycles. The van der Waals surface area contributed by atoms with Crippen LogP contribution >= 0.6 is 0 Å². The number of hydrogen-bond donors (Lipinski definition) is 0. The molecule has 0 unspecified atom stereocenters. The van der Waals surface area contributed by atoms with Gasteiger partial charge in [0.05, 0.1) is 5.56 Å². The predicted octanol–water partition coefficient (Wildman–Crippen LogP) is 8.53. The van der Waals surface area contributed by atoms with Crippen LogP contribution in [0.25, 0.3) is 11.4 Å². The van der Waals surface area contributed by atoms with E-state index in [4.69, 9.17) is 4.74 Å². The van der Waals surface area contributed by atoms with Crippen LogP contribution in [0.3, 0.4) is 0 Å². The molecule has 5 heteroatoms. The van der Waals surface area contributed by atoms with Gasteiger partial charge in [0, 0.05) is 18.0 Å². The van der Waals surface area contributed by atoms with Crippen molar-refractivity contribution >= 4 is 5.97 Å². The molecule has 0 radical (unpaired) electrons. The second-order valence-corrected chi connectivity index (χ2v) is 9.46. The number of unbranched alkanes of at least 4 members (excludes halogenated alkanes) is 8. The maximum atomic E-state index is 14.5. The summed E-state index contributed by atoms with van der Waals surface area (Å²) in [4.78, 5) is 21.5. The second-order valence-electron chi connectivity index (χ2n) is 9.46. The Labute approximate surface area is 215 Å². The summed E-state index contributed by atoms with van der Waals surface area (Å²) in [5.74, 6) is 0.108. The molecule has 4 nitrogen and oxygen atoms in total. The Morgan fingerprint density at radius 1 is 0.778 bits per heavy atom. The van der Waals surface area contributed by atoms with Crippen molar-refractivity contribution in [2.45, 2.75) is 90.9 Å². The van der Waals surface area contributed by atoms with E-state index in [1.165, 1.54) is 51.0 Å². The molecule has 192 valence electrons. The number of nitrogens with zero attached hydrogens (tertiary/aromatic N) is 2. The number of hydrogen-bond acceptors (Lipinski definition) is 4. The highest BCUT2D eigenvalue weighted by Gasteiger charge is 2.13. The highest BCUT2D eigenvalue weighted by atomic mass is 19.1. The van der Waals surface area contributed by atoms with Gasteiger partial charge in [0.15, 0.2) is 5.82 Å². The van der Waals surface area contributed by atoms with Crippen LogP contribution < -0.4 is 4.74 Å². The van der Waals surface area contributed by atoms with Gasteiger partial charge in [-0.25, -0.2) is 19.2 Å². The second kappa shape index (κ2) is 15.1. The molecule has 36 heavy (non-hydrogen) atoms. The molecule has 0 saturated heterocycles. The van der Waals surface area contributed by atoms with Gasteiger partial charge in [-0.15, -0.1) is 0 Å². The van der Waals surface area contributed by atoms with Crippen LogP contribution in [0.15, 0.2) is 54.9 Å². The summed E-state index contributed by atoms with van der Waals surface area (Å²) in [5, 5.41) is 0. The third kappa shape index (κ3) is 8.85. The Morgan fingerprint density at radius 3 is 2.06 bits per heavy atom. The predicted molar refractivity (Wildman–Crippen MR) is 144 cm³/mol. The van der Waals surface area contributed by atoms with Crippen molar-refractivity contribution in [3.8, 4) is 17.1 Å². The normalized spacial score (nSPS) is 11.0. The lowest BCUT2D eigenvalue weighted by Gasteiger charge is -2.08. The monoisotopic (exact) mass is 490 g/mol. The molecule has 0 N–H and O–H groups in total. The molecule has 0 spiro atoms. The van der Waals surface area contributed by atoms with Gasteiger partial charge in [0.2, 0.25) is 0 Å². The SMILES string of the molecule is CCCCCCCCc1ccc(C(=O)Oc2ccc(-c3ncc(CCCCCC)cn3)cc2)cc1F. The quantitative estimate of drug-likeness (QED) is 0.122. The van der Waals surface area contributed by atoms with Crippen molar-refractivity contribution in [1.29, 1.82) is 0 Å². The van der Waals surface area contributed by atoms with E-state index in [-0.39, 0.29) is 11.4 Å². The summed E-state index contributed by atoms with van der Waals surface area (Å²) < 4.78 is 20.0. The van der Waals surface area contributed by atoms with E-state index in [9.17, 15) is 9.18 Å². The van der Waals surface area contributed by atoms with Crippen molar-refractivity contribution in [3.63, 3.8) is 0 Å². The van der Waals surface area contributed by atoms with E-state index < -0.39 is 5.97 Å². The molecule has 3 aromatic rings. The number of aryl methyl sites for hydroxylation is 2. The van der Waals surface area contributed by atoms with Gasteiger partial charge in [-0.3, -0.25) is 0 Å². The number of carbonyl (C=O) groups excluding carboxylic acids is 1. The summed E-state index contributed by atoms with van der Waals surface area (Å²) >= 11 is 0. The maximum absolute atomic E-state index is 14.5. The van der Waals surface area contributed by atoms with Crippen molar-refractivity contribution in [2.75, 3.05) is 0 Å². The third-order valence-corrected chi connectivity index (χ3v) is 6.44. The summed E-state index contributed by atoms with van der Waals surface area (Å²) in [5.41, 5.74) is 2.85. The Hall–Kier alpha value is -3.08. The van der Waals surface area contributed by atoms with E-state index in [0.717, 1.165) is 36.8 Å². The lowest BCUT2D eigenvalue weighted by Crippen LogP contribution is -2.09. The van der Waals surface area contributed by atoms with E-state index in [1.807, 2.05) is 24.5 Å². The first-order chi connectivity index (χ1) is 17.6. The molecule has 0 aliphatic rings. The highest BCUT2D eigenvalue weighted by molar-refractivity contribution is 5.91. The van der Waals surface area contributed by atoms with Crippen LogP contribution in [0, 0.1) is 5.82 Å². The largest absolute Gasteiger partial charge is 0.423 e. The first-order valence-corrected chi connectivity index (χ1v) is 13.5. The number of halogens is 1. The fraction of sp³-hybridized carbons (Fsp3) is 0.452. The minimum atomic E-state index is -0.573. The first-order valence-electron chi connectivity index (χ1n) is 13.5. The van der Waals surface area contributed by atoms with Gasteiger partial charge in [-0.05, 0) is 73.2 Å². The first kappa shape index (κ1) is 27.5. The lowest BCUT2D eigenvalue weighted by molar-refractivity contribution is 0.0734. The Bertz CT molecular complexity index is 1060. The van der Waals surface area contributed by atoms with Gasteiger partial charge in [0.25, 0.3) is 0 Å². The number of benzene rings is 2. The lowest BCUT2D eigenvalue weighted by atomic mass is 10.0. The third-order valence-electron chi connectivity index (χ3n) is 6.44. The van der Waals surface area contributed by atoms with Crippen molar-refractivity contribution in [2.24, 2.45) is 0 Å². The van der Waals surface area contributed by atoms with Crippen LogP contribution in [0.4, 0.5) is 4.39 Å². The molecule has 0 fully saturated rings. The fourth-order valence-electron chi connectivity index (χ4n) is 4.20. The van der Waals surface area contributed by atoms with Crippen LogP contribution in [-0.2, 0) is 12.8 Å². The minimum Gasteiger partial charge on any atom is -0.423 e. The van der Waals surface area contributed by atoms with Gasteiger partial charge in [0.1, 0.15) is 11.6 Å². The highest BCUT2D eigenvalue weighted by Crippen LogP contribution is 2.21. The topological polar surface area (TPSA) is 52.1 Å². The number of aromatic nitrogens is 2. The molecule has 1 aromatic heterocycles. The van der Waals surface area contributed by atoms with Crippen LogP contribution in [0.2, 0.25) is 0 Å². The maximum Gasteiger partial charge on any atom is 0.343 e. The van der Waals surface area contributed by atoms with E-state index >= 15 is 0 Å². The van der Waals surface area contributed by atoms with Gasteiger partial charge < -0.3 is 4.74 Å². The molecule has 2 aromatic carbocycles. The number of rotatable bonds is 15. The minimum absolute atomic E-state index is 0.209. The molecule has 0 bridgehead atoms. The summed E-state index contributed by atoms with van der Waals surface area (Å²) in [6.07, 6.45) is 17.3. The zero-order valence-electron chi connectivity index (χ0n) is 21.8. The van der Waals surface area contributed by atoms with Gasteiger partial charge >= 0.3 is 5.97 Å². The van der Waals surface area contributed by atoms with Crippen molar-refractivity contribution in [3.05, 3.63) is 77.4 Å². The number of carbonyl (C=O) groups is 1. The van der Waals surface area contributed by atoms with E-state index in [1.54, 1.807) is 24.3 Å². The average molecular weight is 491 g/mol. The fourth-order valence-corrected chi connectivity index (χ4v) is 4.20. The Balaban J connectivity index is 1.50. The summed E-state index contributed by atoms with van der Waals surface area (Å²) in [6.45, 7) is 4.40. The zero-order chi connectivity index (χ0) is 25.6. The van der Waals surface area contributed by atoms with Gasteiger partial charge in [-0.2, -0.15) is 0 Å². The van der Waals surface area contributed by atoms with Crippen molar-refractivity contribution in [1.82, 2.24) is 9.97 Å². The average Bonchev–Trinajstić information content (AvgIpc) is 2.90. The standard InChI is InChI=1S/C31H39FN2O2/c1-3-5-7-9-10-12-14-25-15-16-27(21-29(25)32)31(35)36-28-19-17-26(18-20-28)30-33-22-24(23-34-30)13-11-8-6-4-2/h15-23H,3-14H2,1-2H3. The van der Waals surface area contributed by atoms with Crippen LogP contribution in [0.5, 0.6) is 5.75 Å². The summed E-state index contributed by atoms with van der Waals surface area (Å²) in [7, 11) is 0. The van der Waals surface area contributed by atoms with Crippen LogP contribution in [0.1, 0.15) is 99.5 Å². The number of ether oxygens (including phenoxy) is 1. The Kier molecular flexibility index (Phi) is 11.6. The summed E-state index contributed by atoms with van der Waals surface area (Å²) in [6, 6.07) is 11.7. The molecule has 0 atom stereocenters. The molecule has 3 rings (SSSR count). The molecular weight excluding hydrogens is 451 g/mol. The molecule has 0 aliphatic carbocycles. The zero-order valence-corrected chi connectivity index (χ0v) is 21.8. The molecular formula is C31H39FN2O2. The van der Waals surface area contributed by atoms with Crippen LogP contribution in [-0.4, -0.2) is 15.9 Å². The van der Waals surface area contributed by atoms with E-state index in [2.05, 4.69) is 23.8 Å². The molecule has 0 amide bonds. The van der Waals surface area contributed by atoms with Crippen molar-refractivity contribution < 1.29 is 13.9 Å². The molecule has 0 saturated carbocycles. The number of esters is 1.